The van der Waals surface area contributed by atoms with Crippen LogP contribution in [0.4, 0.5) is 0 Å². The van der Waals surface area contributed by atoms with Gasteiger partial charge in [-0.3, -0.25) is 10.7 Å². The maximum absolute atomic E-state index is 10.6. The largest absolute Gasteiger partial charge is 1.00 e. The van der Waals surface area contributed by atoms with Crippen molar-refractivity contribution in [1.82, 2.24) is 0 Å². The van der Waals surface area contributed by atoms with E-state index in [9.17, 15) is 4.79 Å². The van der Waals surface area contributed by atoms with Crippen LogP contribution < -0.4 is 0 Å². The zero-order valence-electron chi connectivity index (χ0n) is 14.5. The maximum Gasteiger partial charge on any atom is 1.00 e. The van der Waals surface area contributed by atoms with Crippen LogP contribution in [0.15, 0.2) is 12.2 Å². The summed E-state index contributed by atoms with van der Waals surface area (Å²) in [6.45, 7) is 3.97. The van der Waals surface area contributed by atoms with Crippen LogP contribution in [0.1, 0.15) is 97.3 Å². The summed E-state index contributed by atoms with van der Waals surface area (Å²) in [5, 5.41) is 8.74. The standard InChI is InChI=1S/C19H35O2.Au/c1-3-4-5-6-7-8-9-10-11-12-13-14-15-16-17-18(2)19(20)21;/h10-11H,3-9,12-17H2,1-2H3,(H,20,21);/q-1;+1. The molecule has 0 saturated carbocycles. The first-order chi connectivity index (χ1) is 10.2. The quantitative estimate of drug-likeness (QED) is 0.126. The molecule has 0 radical (unpaired) electrons. The molecular formula is C19H35AuO2. The van der Waals surface area contributed by atoms with Gasteiger partial charge < -0.3 is 5.11 Å². The second-order valence-corrected chi connectivity index (χ2v) is 6.07. The molecule has 0 aliphatic rings. The van der Waals surface area contributed by atoms with E-state index < -0.39 is 5.97 Å². The normalized spacial score (nSPS) is 10.6. The van der Waals surface area contributed by atoms with E-state index in [0.29, 0.717) is 5.92 Å². The van der Waals surface area contributed by atoms with Gasteiger partial charge in [0.25, 0.3) is 0 Å². The number of unbranched alkanes of at least 4 members (excludes halogenated alkanes) is 10. The predicted molar refractivity (Wildman–Crippen MR) is 91.4 cm³/mol. The average Bonchev–Trinajstić information content (AvgIpc) is 2.47. The van der Waals surface area contributed by atoms with Crippen LogP contribution in [0.25, 0.3) is 0 Å². The molecule has 0 aromatic rings. The summed E-state index contributed by atoms with van der Waals surface area (Å²) in [4.78, 5) is 10.6. The Kier molecular flexibility index (Phi) is 20.7. The van der Waals surface area contributed by atoms with Gasteiger partial charge in [-0.05, 0) is 25.7 Å². The van der Waals surface area contributed by atoms with Gasteiger partial charge in [0, 0.05) is 0 Å². The Hall–Kier alpha value is -0.180. The smallest absolute Gasteiger partial charge is 0.503 e. The third kappa shape index (κ3) is 17.9. The zero-order chi connectivity index (χ0) is 15.8. The molecule has 0 bridgehead atoms. The summed E-state index contributed by atoms with van der Waals surface area (Å²) in [6.07, 6.45) is 20.7. The minimum absolute atomic E-state index is 0. The number of carboxylic acid groups (broad SMARTS) is 1. The van der Waals surface area contributed by atoms with Crippen LogP contribution in [0.3, 0.4) is 0 Å². The Morgan fingerprint density at radius 1 is 0.864 bits per heavy atom. The molecule has 134 valence electrons. The fraction of sp³-hybridized carbons (Fsp3) is 0.789. The predicted octanol–water partition coefficient (Wildman–Crippen LogP) is 6.31. The Balaban J connectivity index is 0. The van der Waals surface area contributed by atoms with Crippen molar-refractivity contribution in [3.8, 4) is 0 Å². The summed E-state index contributed by atoms with van der Waals surface area (Å²) in [7, 11) is 0. The van der Waals surface area contributed by atoms with Crippen LogP contribution in [-0.2, 0) is 27.2 Å². The van der Waals surface area contributed by atoms with Gasteiger partial charge in [0.15, 0.2) is 5.97 Å². The maximum atomic E-state index is 10.6. The van der Waals surface area contributed by atoms with Gasteiger partial charge in [-0.2, -0.15) is 13.3 Å². The summed E-state index contributed by atoms with van der Waals surface area (Å²) >= 11 is 0. The fourth-order valence-electron chi connectivity index (χ4n) is 2.39. The Morgan fingerprint density at radius 2 is 1.32 bits per heavy atom. The Labute approximate surface area is 153 Å². The van der Waals surface area contributed by atoms with Gasteiger partial charge in [0.1, 0.15) is 0 Å². The molecule has 3 heteroatoms. The summed E-state index contributed by atoms with van der Waals surface area (Å²) in [6, 6.07) is 0. The summed E-state index contributed by atoms with van der Waals surface area (Å²) < 4.78 is 0. The SMILES string of the molecule is CCCCCCCCC=CCCCCCC[C-](C)C(=O)O.[Au+]. The van der Waals surface area contributed by atoms with E-state index in [1.807, 2.05) is 0 Å². The molecule has 0 aliphatic carbocycles. The van der Waals surface area contributed by atoms with Crippen LogP contribution in [-0.4, -0.2) is 11.1 Å². The third-order valence-corrected chi connectivity index (χ3v) is 3.93. The molecule has 2 nitrogen and oxygen atoms in total. The Bertz CT molecular complexity index is 264. The molecule has 1 N–H and O–H groups in total. The van der Waals surface area contributed by atoms with Gasteiger partial charge in [-0.1, -0.05) is 70.4 Å². The molecule has 0 unspecified atom stereocenters. The van der Waals surface area contributed by atoms with Gasteiger partial charge >= 0.3 is 22.4 Å². The molecule has 0 rings (SSSR count). The van der Waals surface area contributed by atoms with E-state index in [4.69, 9.17) is 5.11 Å². The van der Waals surface area contributed by atoms with Crippen LogP contribution in [0, 0.1) is 5.92 Å². The van der Waals surface area contributed by atoms with E-state index in [1.54, 1.807) is 6.92 Å². The van der Waals surface area contributed by atoms with Gasteiger partial charge in [0.05, 0.1) is 0 Å². The number of carboxylic acids is 1. The molecule has 0 amide bonds. The van der Waals surface area contributed by atoms with Crippen molar-refractivity contribution in [2.45, 2.75) is 97.3 Å². The number of carbonyl (C=O) groups is 1. The van der Waals surface area contributed by atoms with Gasteiger partial charge in [0.2, 0.25) is 0 Å². The van der Waals surface area contributed by atoms with Crippen molar-refractivity contribution in [2.75, 3.05) is 0 Å². The summed E-state index contributed by atoms with van der Waals surface area (Å²) in [5.74, 6) is -0.151. The molecule has 0 atom stereocenters. The number of hydrogen-bond acceptors (Lipinski definition) is 1. The van der Waals surface area contributed by atoms with Crippen LogP contribution in [0.2, 0.25) is 0 Å². The number of allylic oxidation sites excluding steroid dienone is 2. The van der Waals surface area contributed by atoms with Gasteiger partial charge in [-0.15, -0.1) is 0 Å². The van der Waals surface area contributed by atoms with E-state index in [-0.39, 0.29) is 22.4 Å². The van der Waals surface area contributed by atoms with E-state index in [2.05, 4.69) is 19.1 Å². The number of hydrogen-bond donors (Lipinski definition) is 1. The van der Waals surface area contributed by atoms with Crippen molar-refractivity contribution in [3.05, 3.63) is 18.1 Å². The molecule has 0 aromatic carbocycles. The first-order valence-corrected chi connectivity index (χ1v) is 8.89. The van der Waals surface area contributed by atoms with E-state index in [1.165, 1.54) is 64.2 Å². The molecule has 22 heavy (non-hydrogen) atoms. The van der Waals surface area contributed by atoms with Gasteiger partial charge in [-0.25, -0.2) is 0 Å². The molecule has 0 heterocycles. The van der Waals surface area contributed by atoms with Crippen molar-refractivity contribution in [1.29, 1.82) is 0 Å². The molecule has 0 fully saturated rings. The van der Waals surface area contributed by atoms with Crippen molar-refractivity contribution in [2.24, 2.45) is 0 Å². The second-order valence-electron chi connectivity index (χ2n) is 6.07. The Morgan fingerprint density at radius 3 is 1.82 bits per heavy atom. The minimum Gasteiger partial charge on any atom is -0.503 e. The van der Waals surface area contributed by atoms with Crippen molar-refractivity contribution < 1.29 is 32.3 Å². The van der Waals surface area contributed by atoms with E-state index >= 15 is 0 Å². The summed E-state index contributed by atoms with van der Waals surface area (Å²) in [5.41, 5.74) is 0. The van der Waals surface area contributed by atoms with Crippen molar-refractivity contribution in [3.63, 3.8) is 0 Å². The first-order valence-electron chi connectivity index (χ1n) is 8.89. The zero-order valence-corrected chi connectivity index (χ0v) is 16.7. The monoisotopic (exact) mass is 492 g/mol. The minimum atomic E-state index is -0.743. The van der Waals surface area contributed by atoms with Crippen LogP contribution in [0.5, 0.6) is 0 Å². The molecule has 0 aliphatic heterocycles. The fourth-order valence-corrected chi connectivity index (χ4v) is 2.39. The number of rotatable bonds is 15. The van der Waals surface area contributed by atoms with Crippen LogP contribution >= 0.6 is 0 Å². The molecule has 0 saturated heterocycles. The second kappa shape index (κ2) is 18.9. The number of aliphatic carboxylic acids is 1. The average molecular weight is 492 g/mol. The molecule has 0 aromatic heterocycles. The first kappa shape index (κ1) is 24.1. The molecule has 0 spiro atoms. The topological polar surface area (TPSA) is 37.3 Å². The molecular weight excluding hydrogens is 457 g/mol. The van der Waals surface area contributed by atoms with E-state index in [0.717, 1.165) is 19.3 Å². The third-order valence-electron chi connectivity index (χ3n) is 3.93. The van der Waals surface area contributed by atoms with Crippen molar-refractivity contribution >= 4 is 5.97 Å².